The molecule has 0 radical (unpaired) electrons. The Balaban J connectivity index is 1.30. The van der Waals surface area contributed by atoms with Crippen LogP contribution in [-0.4, -0.2) is 66.3 Å². The van der Waals surface area contributed by atoms with Crippen molar-refractivity contribution in [2.24, 2.45) is 5.92 Å². The summed E-state index contributed by atoms with van der Waals surface area (Å²) < 4.78 is 46.4. The van der Waals surface area contributed by atoms with E-state index in [9.17, 15) is 17.6 Å². The number of nitrogens with one attached hydrogen (secondary N) is 2. The largest absolute Gasteiger partial charge is 0.495 e. The van der Waals surface area contributed by atoms with Crippen molar-refractivity contribution in [3.63, 3.8) is 0 Å². The number of piperidine rings is 1. The molecule has 9 nitrogen and oxygen atoms in total. The second-order valence-corrected chi connectivity index (χ2v) is 10.9. The molecule has 2 aromatic carbocycles. The van der Waals surface area contributed by atoms with Gasteiger partial charge < -0.3 is 10.1 Å². The number of halogens is 1. The Morgan fingerprint density at radius 2 is 2.09 bits per heavy atom. The first-order valence-electron chi connectivity index (χ1n) is 11.1. The number of benzene rings is 2. The van der Waals surface area contributed by atoms with Gasteiger partial charge >= 0.3 is 0 Å². The van der Waals surface area contributed by atoms with E-state index in [0.717, 1.165) is 17.7 Å². The molecular weight excluding hydrogens is 493 g/mol. The molecule has 186 valence electrons. The Labute approximate surface area is 207 Å². The summed E-state index contributed by atoms with van der Waals surface area (Å²) in [6.07, 6.45) is 1.11. The highest BCUT2D eigenvalue weighted by atomic mass is 32.2. The zero-order valence-corrected chi connectivity index (χ0v) is 20.7. The van der Waals surface area contributed by atoms with Crippen LogP contribution in [0.1, 0.15) is 12.8 Å². The molecule has 0 unspecified atom stereocenters. The number of carbonyl (C=O) groups excluding carboxylic acids is 1. The number of aromatic amines is 1. The third kappa shape index (κ3) is 6.00. The summed E-state index contributed by atoms with van der Waals surface area (Å²) in [5, 5.41) is 10.5. The molecule has 3 aromatic rings. The molecule has 0 spiro atoms. The Morgan fingerprint density at radius 1 is 1.29 bits per heavy atom. The number of amides is 1. The monoisotopic (exact) mass is 519 g/mol. The zero-order chi connectivity index (χ0) is 24.8. The van der Waals surface area contributed by atoms with E-state index in [1.807, 2.05) is 30.3 Å². The molecular formula is C23H26FN5O4S2. The number of hydrogen-bond donors (Lipinski definition) is 2. The molecule has 0 saturated carbocycles. The van der Waals surface area contributed by atoms with Crippen molar-refractivity contribution in [1.82, 2.24) is 24.8 Å². The van der Waals surface area contributed by atoms with Crippen LogP contribution < -0.4 is 10.1 Å². The molecule has 1 fully saturated rings. The van der Waals surface area contributed by atoms with Gasteiger partial charge in [0.15, 0.2) is 5.82 Å². The summed E-state index contributed by atoms with van der Waals surface area (Å²) in [5.74, 6) is -0.0658. The van der Waals surface area contributed by atoms with Crippen LogP contribution in [0.3, 0.4) is 0 Å². The summed E-state index contributed by atoms with van der Waals surface area (Å²) in [6.45, 7) is 0.679. The fourth-order valence-corrected chi connectivity index (χ4v) is 6.21. The number of aromatic nitrogens is 3. The average molecular weight is 520 g/mol. The second-order valence-electron chi connectivity index (χ2n) is 7.97. The van der Waals surface area contributed by atoms with Crippen molar-refractivity contribution in [3.8, 4) is 17.1 Å². The van der Waals surface area contributed by atoms with Crippen molar-refractivity contribution in [1.29, 1.82) is 0 Å². The Hall–Kier alpha value is -2.96. The van der Waals surface area contributed by atoms with Crippen molar-refractivity contribution < 1.29 is 22.3 Å². The van der Waals surface area contributed by atoms with Gasteiger partial charge in [-0.25, -0.2) is 17.8 Å². The lowest BCUT2D eigenvalue weighted by atomic mass is 9.99. The molecule has 35 heavy (non-hydrogen) atoms. The van der Waals surface area contributed by atoms with Gasteiger partial charge in [0.2, 0.25) is 21.1 Å². The highest BCUT2D eigenvalue weighted by molar-refractivity contribution is 7.99. The highest BCUT2D eigenvalue weighted by Crippen LogP contribution is 2.30. The maximum atomic E-state index is 13.8. The minimum Gasteiger partial charge on any atom is -0.495 e. The zero-order valence-electron chi connectivity index (χ0n) is 19.1. The average Bonchev–Trinajstić information content (AvgIpc) is 3.36. The molecule has 1 aromatic heterocycles. The molecule has 0 bridgehead atoms. The van der Waals surface area contributed by atoms with Crippen LogP contribution in [0.4, 0.5) is 4.39 Å². The summed E-state index contributed by atoms with van der Waals surface area (Å²) >= 11 is 1.41. The number of carbonyl (C=O) groups is 1. The van der Waals surface area contributed by atoms with Crippen molar-refractivity contribution in [3.05, 3.63) is 54.3 Å². The Bertz CT molecular complexity index is 1270. The smallest absolute Gasteiger partial charge is 0.246 e. The van der Waals surface area contributed by atoms with Crippen LogP contribution >= 0.6 is 11.8 Å². The molecule has 1 atom stereocenters. The second kappa shape index (κ2) is 11.2. The number of rotatable bonds is 9. The normalized spacial score (nSPS) is 16.7. The van der Waals surface area contributed by atoms with Gasteiger partial charge in [0.1, 0.15) is 16.5 Å². The SMILES string of the molecule is COc1ccc(F)cc1S(=O)(=O)N1CCC[C@H](C(=O)NCCSc2n[nH]c(-c3ccccc3)n2)C1. The van der Waals surface area contributed by atoms with E-state index in [1.165, 1.54) is 29.2 Å². The predicted molar refractivity (Wildman–Crippen MR) is 130 cm³/mol. The number of sulfonamides is 1. The van der Waals surface area contributed by atoms with E-state index in [-0.39, 0.29) is 29.6 Å². The number of methoxy groups -OCH3 is 1. The van der Waals surface area contributed by atoms with Gasteiger partial charge in [-0.3, -0.25) is 9.89 Å². The van der Waals surface area contributed by atoms with Crippen molar-refractivity contribution >= 4 is 27.7 Å². The predicted octanol–water partition coefficient (Wildman–Crippen LogP) is 2.93. The van der Waals surface area contributed by atoms with Crippen LogP contribution in [0.5, 0.6) is 5.75 Å². The first kappa shape index (κ1) is 25.1. The minimum absolute atomic E-state index is 0.0301. The van der Waals surface area contributed by atoms with Gasteiger partial charge in [-0.05, 0) is 31.0 Å². The molecule has 1 aliphatic heterocycles. The quantitative estimate of drug-likeness (QED) is 0.330. The fourth-order valence-electron chi connectivity index (χ4n) is 3.86. The van der Waals surface area contributed by atoms with Crippen LogP contribution in [-0.2, 0) is 14.8 Å². The van der Waals surface area contributed by atoms with Gasteiger partial charge in [0.05, 0.1) is 13.0 Å². The van der Waals surface area contributed by atoms with Crippen LogP contribution in [0, 0.1) is 11.7 Å². The van der Waals surface area contributed by atoms with Crippen molar-refractivity contribution in [2.45, 2.75) is 22.9 Å². The lowest BCUT2D eigenvalue weighted by molar-refractivity contribution is -0.125. The van der Waals surface area contributed by atoms with Crippen LogP contribution in [0.25, 0.3) is 11.4 Å². The van der Waals surface area contributed by atoms with E-state index in [4.69, 9.17) is 4.74 Å². The standard InChI is InChI=1S/C23H26FN5O4S2/c1-33-19-10-9-18(24)14-20(19)35(31,32)29-12-5-8-17(15-29)22(30)25-11-13-34-23-26-21(27-28-23)16-6-3-2-4-7-16/h2-4,6-7,9-10,14,17H,5,8,11-13,15H2,1H3,(H,25,30)(H,26,27,28)/t17-/m0/s1. The van der Waals surface area contributed by atoms with Gasteiger partial charge in [-0.15, -0.1) is 5.10 Å². The molecule has 2 N–H and O–H groups in total. The van der Waals surface area contributed by atoms with E-state index in [2.05, 4.69) is 20.5 Å². The summed E-state index contributed by atoms with van der Waals surface area (Å²) in [5.41, 5.74) is 0.938. The molecule has 0 aliphatic carbocycles. The summed E-state index contributed by atoms with van der Waals surface area (Å²) in [4.78, 5) is 16.9. The number of thioether (sulfide) groups is 1. The lowest BCUT2D eigenvalue weighted by Crippen LogP contribution is -2.45. The minimum atomic E-state index is -4.01. The molecule has 1 aliphatic rings. The third-order valence-electron chi connectivity index (χ3n) is 5.64. The number of H-pyrrole nitrogens is 1. The fraction of sp³-hybridized carbons (Fsp3) is 0.348. The number of hydrogen-bond acceptors (Lipinski definition) is 7. The van der Waals surface area contributed by atoms with E-state index >= 15 is 0 Å². The summed E-state index contributed by atoms with van der Waals surface area (Å²) in [7, 11) is -2.68. The maximum Gasteiger partial charge on any atom is 0.246 e. The highest BCUT2D eigenvalue weighted by Gasteiger charge is 2.35. The van der Waals surface area contributed by atoms with E-state index in [0.29, 0.717) is 36.1 Å². The molecule has 4 rings (SSSR count). The van der Waals surface area contributed by atoms with Gasteiger partial charge in [-0.1, -0.05) is 42.1 Å². The summed E-state index contributed by atoms with van der Waals surface area (Å²) in [6, 6.07) is 13.0. The van der Waals surface area contributed by atoms with Crippen LogP contribution in [0.15, 0.2) is 58.6 Å². The Morgan fingerprint density at radius 3 is 2.86 bits per heavy atom. The first-order chi connectivity index (χ1) is 16.9. The third-order valence-corrected chi connectivity index (χ3v) is 8.38. The molecule has 1 saturated heterocycles. The number of ether oxygens (including phenoxy) is 1. The van der Waals surface area contributed by atoms with Crippen LogP contribution in [0.2, 0.25) is 0 Å². The van der Waals surface area contributed by atoms with Gasteiger partial charge in [-0.2, -0.15) is 4.31 Å². The first-order valence-corrected chi connectivity index (χ1v) is 13.5. The van der Waals surface area contributed by atoms with Gasteiger partial charge in [0.25, 0.3) is 0 Å². The molecule has 12 heteroatoms. The molecule has 2 heterocycles. The Kier molecular flexibility index (Phi) is 8.04. The maximum absolute atomic E-state index is 13.8. The van der Waals surface area contributed by atoms with Crippen molar-refractivity contribution in [2.75, 3.05) is 32.5 Å². The van der Waals surface area contributed by atoms with E-state index < -0.39 is 21.8 Å². The topological polar surface area (TPSA) is 117 Å². The van der Waals surface area contributed by atoms with Gasteiger partial charge in [0, 0.05) is 31.0 Å². The van der Waals surface area contributed by atoms with E-state index in [1.54, 1.807) is 0 Å². The molecule has 1 amide bonds. The lowest BCUT2D eigenvalue weighted by Gasteiger charge is -2.31. The number of nitrogens with zero attached hydrogens (tertiary/aromatic N) is 3.